The third-order valence-corrected chi connectivity index (χ3v) is 7.82. The summed E-state index contributed by atoms with van der Waals surface area (Å²) in [6.07, 6.45) is 5.64. The highest BCUT2D eigenvalue weighted by molar-refractivity contribution is 5.94. The van der Waals surface area contributed by atoms with Crippen molar-refractivity contribution in [2.45, 2.75) is 25.4 Å². The SMILES string of the molecule is CN1CCN(Cc2ccc(-c3cnn(Nc4ccc(C#Cc5cc(C(=O)NC6CC6)ccn5)cc4)c3N(C)C)cc2)CC1. The van der Waals surface area contributed by atoms with Gasteiger partial charge in [-0.2, -0.15) is 9.89 Å². The number of hydrogen-bond donors (Lipinski definition) is 2. The number of aromatic nitrogens is 3. The maximum Gasteiger partial charge on any atom is 0.251 e. The van der Waals surface area contributed by atoms with Gasteiger partial charge in [0.15, 0.2) is 5.82 Å². The molecule has 220 valence electrons. The Morgan fingerprint density at radius 2 is 1.72 bits per heavy atom. The first-order valence-electron chi connectivity index (χ1n) is 14.8. The van der Waals surface area contributed by atoms with E-state index >= 15 is 0 Å². The van der Waals surface area contributed by atoms with Gasteiger partial charge in [-0.15, -0.1) is 0 Å². The lowest BCUT2D eigenvalue weighted by Crippen LogP contribution is -2.43. The molecule has 2 N–H and O–H groups in total. The van der Waals surface area contributed by atoms with E-state index in [1.165, 1.54) is 5.56 Å². The van der Waals surface area contributed by atoms with E-state index in [9.17, 15) is 4.79 Å². The number of anilines is 2. The smallest absolute Gasteiger partial charge is 0.251 e. The highest BCUT2D eigenvalue weighted by Gasteiger charge is 2.24. The molecule has 0 atom stereocenters. The standard InChI is InChI=1S/C34H38N8O/c1-39(2)34-32(27-9-4-26(5-10-27)24-41-20-18-40(3)19-21-41)23-36-42(34)38-30-11-6-25(7-12-30)8-13-31-22-28(16-17-35-31)33(43)37-29-14-15-29/h4-7,9-12,16-17,22-23,29,38H,14-15,18-21,24H2,1-3H3,(H,37,43). The van der Waals surface area contributed by atoms with Crippen LogP contribution in [0.15, 0.2) is 73.1 Å². The van der Waals surface area contributed by atoms with Crippen molar-refractivity contribution in [3.8, 4) is 23.0 Å². The fourth-order valence-corrected chi connectivity index (χ4v) is 5.13. The molecule has 9 heteroatoms. The molecule has 1 amide bonds. The first-order chi connectivity index (χ1) is 20.9. The Bertz CT molecular complexity index is 1620. The Morgan fingerprint density at radius 3 is 2.42 bits per heavy atom. The quantitative estimate of drug-likeness (QED) is 0.309. The van der Waals surface area contributed by atoms with Gasteiger partial charge in [0.25, 0.3) is 5.91 Å². The molecule has 43 heavy (non-hydrogen) atoms. The van der Waals surface area contributed by atoms with Crippen LogP contribution in [0.2, 0.25) is 0 Å². The van der Waals surface area contributed by atoms with Crippen molar-refractivity contribution in [2.75, 3.05) is 57.6 Å². The summed E-state index contributed by atoms with van der Waals surface area (Å²) >= 11 is 0. The average molecular weight is 575 g/mol. The average Bonchev–Trinajstić information content (AvgIpc) is 3.74. The molecular formula is C34H38N8O. The molecule has 0 unspecified atom stereocenters. The number of likely N-dealkylation sites (N-methyl/N-ethyl adjacent to an activating group) is 1. The molecule has 2 aromatic carbocycles. The van der Waals surface area contributed by atoms with Gasteiger partial charge in [-0.25, -0.2) is 4.98 Å². The number of carbonyl (C=O) groups is 1. The summed E-state index contributed by atoms with van der Waals surface area (Å²) < 4.78 is 0. The van der Waals surface area contributed by atoms with E-state index in [4.69, 9.17) is 0 Å². The van der Waals surface area contributed by atoms with E-state index in [0.29, 0.717) is 17.3 Å². The Balaban J connectivity index is 1.11. The van der Waals surface area contributed by atoms with Crippen molar-refractivity contribution < 1.29 is 4.79 Å². The second kappa shape index (κ2) is 12.7. The van der Waals surface area contributed by atoms with Gasteiger partial charge in [0.1, 0.15) is 5.69 Å². The second-order valence-corrected chi connectivity index (χ2v) is 11.6. The van der Waals surface area contributed by atoms with Crippen molar-refractivity contribution in [1.29, 1.82) is 0 Å². The molecule has 2 aliphatic rings. The summed E-state index contributed by atoms with van der Waals surface area (Å²) in [5.74, 6) is 7.12. The lowest BCUT2D eigenvalue weighted by atomic mass is 10.1. The minimum absolute atomic E-state index is 0.0690. The van der Waals surface area contributed by atoms with Crippen molar-refractivity contribution in [3.05, 3.63) is 95.4 Å². The number of carbonyl (C=O) groups excluding carboxylic acids is 1. The summed E-state index contributed by atoms with van der Waals surface area (Å²) in [4.78, 5) is 25.4. The molecule has 3 heterocycles. The van der Waals surface area contributed by atoms with Gasteiger partial charge in [-0.05, 0) is 73.3 Å². The van der Waals surface area contributed by atoms with Gasteiger partial charge in [0.05, 0.1) is 11.9 Å². The lowest BCUT2D eigenvalue weighted by molar-refractivity contribution is 0.0951. The number of nitrogens with zero attached hydrogens (tertiary/aromatic N) is 6. The zero-order valence-electron chi connectivity index (χ0n) is 25.0. The molecular weight excluding hydrogens is 536 g/mol. The summed E-state index contributed by atoms with van der Waals surface area (Å²) in [6, 6.07) is 20.5. The Labute approximate surface area is 253 Å². The third kappa shape index (κ3) is 7.23. The van der Waals surface area contributed by atoms with Crippen molar-refractivity contribution >= 4 is 17.4 Å². The zero-order valence-corrected chi connectivity index (χ0v) is 25.0. The van der Waals surface area contributed by atoms with E-state index in [2.05, 4.69) is 78.7 Å². The van der Waals surface area contributed by atoms with Crippen molar-refractivity contribution in [3.63, 3.8) is 0 Å². The Hall–Kier alpha value is -4.65. The summed E-state index contributed by atoms with van der Waals surface area (Å²) in [6.45, 7) is 5.46. The van der Waals surface area contributed by atoms with Crippen LogP contribution in [0.4, 0.5) is 11.5 Å². The van der Waals surface area contributed by atoms with Crippen molar-refractivity contribution in [1.82, 2.24) is 30.0 Å². The summed E-state index contributed by atoms with van der Waals surface area (Å²) in [5, 5.41) is 7.66. The van der Waals surface area contributed by atoms with Gasteiger partial charge < -0.3 is 15.1 Å². The molecule has 1 aliphatic heterocycles. The molecule has 2 aromatic heterocycles. The molecule has 2 fully saturated rings. The minimum Gasteiger partial charge on any atom is -0.361 e. The van der Waals surface area contributed by atoms with E-state index in [0.717, 1.165) is 73.8 Å². The fourth-order valence-electron chi connectivity index (χ4n) is 5.13. The van der Waals surface area contributed by atoms with E-state index in [1.54, 1.807) is 23.1 Å². The van der Waals surface area contributed by atoms with Crippen LogP contribution < -0.4 is 15.6 Å². The van der Waals surface area contributed by atoms with Gasteiger partial charge in [-0.3, -0.25) is 15.1 Å². The highest BCUT2D eigenvalue weighted by Crippen LogP contribution is 2.30. The second-order valence-electron chi connectivity index (χ2n) is 11.6. The molecule has 6 rings (SSSR count). The number of amides is 1. The fraction of sp³-hybridized carbons (Fsp3) is 0.324. The number of benzene rings is 2. The molecule has 1 saturated carbocycles. The molecule has 0 bridgehead atoms. The summed E-state index contributed by atoms with van der Waals surface area (Å²) in [5.41, 5.74) is 9.82. The van der Waals surface area contributed by atoms with Crippen LogP contribution in [0, 0.1) is 11.8 Å². The van der Waals surface area contributed by atoms with E-state index < -0.39 is 0 Å². The first kappa shape index (κ1) is 28.5. The Morgan fingerprint density at radius 1 is 0.977 bits per heavy atom. The van der Waals surface area contributed by atoms with Gasteiger partial charge >= 0.3 is 0 Å². The lowest BCUT2D eigenvalue weighted by Gasteiger charge is -2.32. The van der Waals surface area contributed by atoms with Gasteiger partial charge in [0.2, 0.25) is 0 Å². The van der Waals surface area contributed by atoms with Crippen LogP contribution in [0.3, 0.4) is 0 Å². The van der Waals surface area contributed by atoms with E-state index in [-0.39, 0.29) is 5.91 Å². The third-order valence-electron chi connectivity index (χ3n) is 7.82. The van der Waals surface area contributed by atoms with Crippen LogP contribution in [-0.4, -0.2) is 83.9 Å². The predicted molar refractivity (Wildman–Crippen MR) is 171 cm³/mol. The van der Waals surface area contributed by atoms with E-state index in [1.807, 2.05) is 44.6 Å². The minimum atomic E-state index is -0.0690. The van der Waals surface area contributed by atoms with Crippen LogP contribution >= 0.6 is 0 Å². The Kier molecular flexibility index (Phi) is 8.40. The summed E-state index contributed by atoms with van der Waals surface area (Å²) in [7, 11) is 6.24. The molecule has 9 nitrogen and oxygen atoms in total. The highest BCUT2D eigenvalue weighted by atomic mass is 16.1. The van der Waals surface area contributed by atoms with Crippen LogP contribution in [-0.2, 0) is 6.54 Å². The molecule has 1 aliphatic carbocycles. The number of rotatable bonds is 8. The van der Waals surface area contributed by atoms with Gasteiger partial charge in [0, 0.05) is 75.7 Å². The topological polar surface area (TPSA) is 81.6 Å². The largest absolute Gasteiger partial charge is 0.361 e. The number of pyridine rings is 1. The van der Waals surface area contributed by atoms with Crippen LogP contribution in [0.1, 0.15) is 40.0 Å². The van der Waals surface area contributed by atoms with Crippen LogP contribution in [0.25, 0.3) is 11.1 Å². The molecule has 1 saturated heterocycles. The molecule has 4 aromatic rings. The number of nitrogens with one attached hydrogen (secondary N) is 2. The normalized spacial score (nSPS) is 15.4. The monoisotopic (exact) mass is 574 g/mol. The zero-order chi connectivity index (χ0) is 29.8. The number of hydrogen-bond acceptors (Lipinski definition) is 7. The first-order valence-corrected chi connectivity index (χ1v) is 14.8. The molecule has 0 spiro atoms. The molecule has 0 radical (unpaired) electrons. The number of piperazine rings is 1. The predicted octanol–water partition coefficient (Wildman–Crippen LogP) is 3.93. The van der Waals surface area contributed by atoms with Crippen LogP contribution in [0.5, 0.6) is 0 Å². The van der Waals surface area contributed by atoms with Crippen molar-refractivity contribution in [2.24, 2.45) is 0 Å². The van der Waals surface area contributed by atoms with Gasteiger partial charge in [-0.1, -0.05) is 30.2 Å². The maximum absolute atomic E-state index is 12.3. The maximum atomic E-state index is 12.3.